The summed E-state index contributed by atoms with van der Waals surface area (Å²) in [5.41, 5.74) is 7.33. The Kier molecular flexibility index (Phi) is 6.15. The van der Waals surface area contributed by atoms with Crippen molar-refractivity contribution in [3.63, 3.8) is 0 Å². The van der Waals surface area contributed by atoms with Crippen molar-refractivity contribution in [1.82, 2.24) is 25.4 Å². The van der Waals surface area contributed by atoms with Gasteiger partial charge in [-0.25, -0.2) is 4.98 Å². The normalized spacial score (nSPS) is 20.5. The predicted octanol–water partition coefficient (Wildman–Crippen LogP) is 2.58. The summed E-state index contributed by atoms with van der Waals surface area (Å²) in [6.45, 7) is 8.97. The molecule has 36 heavy (non-hydrogen) atoms. The van der Waals surface area contributed by atoms with Crippen molar-refractivity contribution >= 4 is 22.3 Å². The summed E-state index contributed by atoms with van der Waals surface area (Å²) in [5, 5.41) is 22.3. The van der Waals surface area contributed by atoms with Gasteiger partial charge in [-0.05, 0) is 51.4 Å². The molecule has 3 aliphatic rings. The Bertz CT molecular complexity index is 1310. The maximum atomic E-state index is 10.3. The number of piperazine rings is 1. The highest BCUT2D eigenvalue weighted by molar-refractivity contribution is 5.93. The first-order valence-electron chi connectivity index (χ1n) is 13.1. The minimum Gasteiger partial charge on any atom is -0.475 e. The van der Waals surface area contributed by atoms with E-state index in [1.54, 1.807) is 0 Å². The zero-order valence-corrected chi connectivity index (χ0v) is 21.2. The van der Waals surface area contributed by atoms with Crippen LogP contribution in [-0.2, 0) is 13.0 Å². The summed E-state index contributed by atoms with van der Waals surface area (Å²) in [6, 6.07) is 7.09. The molecule has 0 amide bonds. The number of ether oxygens (including phenoxy) is 1. The molecule has 2 aromatic heterocycles. The third-order valence-corrected chi connectivity index (χ3v) is 8.04. The molecule has 3 aromatic rings. The quantitative estimate of drug-likeness (QED) is 0.568. The number of pyridine rings is 1. The minimum atomic E-state index is 0.370. The van der Waals surface area contributed by atoms with Crippen molar-refractivity contribution in [3.05, 3.63) is 40.7 Å². The number of fused-ring (bicyclic) bond motifs is 2. The number of H-pyrrole nitrogens is 1. The van der Waals surface area contributed by atoms with Crippen LogP contribution in [0.4, 0.5) is 11.4 Å². The first kappa shape index (κ1) is 23.1. The van der Waals surface area contributed by atoms with Crippen molar-refractivity contribution in [1.29, 1.82) is 5.26 Å². The van der Waals surface area contributed by atoms with E-state index in [-0.39, 0.29) is 0 Å². The minimum absolute atomic E-state index is 0.370. The highest BCUT2D eigenvalue weighted by Gasteiger charge is 2.31. The first-order valence-corrected chi connectivity index (χ1v) is 13.1. The molecule has 5 heterocycles. The maximum absolute atomic E-state index is 10.3. The van der Waals surface area contributed by atoms with Gasteiger partial charge in [0.05, 0.1) is 35.3 Å². The third kappa shape index (κ3) is 4.04. The van der Waals surface area contributed by atoms with Gasteiger partial charge in [-0.15, -0.1) is 0 Å². The zero-order chi connectivity index (χ0) is 24.6. The number of aromatic amines is 1. The van der Waals surface area contributed by atoms with Crippen molar-refractivity contribution in [2.75, 3.05) is 62.7 Å². The van der Waals surface area contributed by atoms with Crippen LogP contribution in [-0.4, -0.2) is 79.0 Å². The number of rotatable bonds is 5. The highest BCUT2D eigenvalue weighted by atomic mass is 16.5. The molecule has 9 nitrogen and oxygen atoms in total. The Labute approximate surface area is 212 Å². The van der Waals surface area contributed by atoms with E-state index in [9.17, 15) is 5.26 Å². The van der Waals surface area contributed by atoms with Crippen LogP contribution in [0, 0.1) is 18.3 Å². The standard InChI is InChI=1S/C27H34N8O/c1-18-5-6-23-22(15-30-32-23)25(18)35-11-7-20-24(16-35)31-27(36-17-19-4-3-10-33(19)2)21(14-28)26(20)34-12-8-29-9-13-34/h5-6,15,19,29H,3-4,7-13,16-17H2,1-2H3,(H,30,32). The van der Waals surface area contributed by atoms with Crippen LogP contribution in [0.15, 0.2) is 18.3 Å². The molecule has 3 aliphatic heterocycles. The second-order valence-corrected chi connectivity index (χ2v) is 10.2. The number of nitrogens with zero attached hydrogens (tertiary/aromatic N) is 6. The van der Waals surface area contributed by atoms with Gasteiger partial charge in [0.25, 0.3) is 0 Å². The molecule has 2 N–H and O–H groups in total. The van der Waals surface area contributed by atoms with Gasteiger partial charge >= 0.3 is 0 Å². The summed E-state index contributed by atoms with van der Waals surface area (Å²) in [6.07, 6.45) is 5.07. The van der Waals surface area contributed by atoms with E-state index in [4.69, 9.17) is 9.72 Å². The molecule has 2 saturated heterocycles. The van der Waals surface area contributed by atoms with Gasteiger partial charge in [0, 0.05) is 49.7 Å². The van der Waals surface area contributed by atoms with Crippen molar-refractivity contribution in [3.8, 4) is 11.9 Å². The summed E-state index contributed by atoms with van der Waals surface area (Å²) in [7, 11) is 2.15. The van der Waals surface area contributed by atoms with Gasteiger partial charge in [0.15, 0.2) is 0 Å². The Morgan fingerprint density at radius 1 is 1.14 bits per heavy atom. The zero-order valence-electron chi connectivity index (χ0n) is 21.2. The van der Waals surface area contributed by atoms with Crippen LogP contribution in [0.2, 0.25) is 0 Å². The second-order valence-electron chi connectivity index (χ2n) is 10.2. The van der Waals surface area contributed by atoms with Crippen LogP contribution in [0.1, 0.15) is 35.2 Å². The van der Waals surface area contributed by atoms with Gasteiger partial charge in [0.1, 0.15) is 18.2 Å². The van der Waals surface area contributed by atoms with E-state index in [1.165, 1.54) is 23.2 Å². The molecule has 9 heteroatoms. The van der Waals surface area contributed by atoms with Crippen molar-refractivity contribution in [2.24, 2.45) is 0 Å². The Hall–Kier alpha value is -3.35. The number of likely N-dealkylation sites (N-methyl/N-ethyl adjacent to an activating group) is 1. The van der Waals surface area contributed by atoms with Crippen LogP contribution >= 0.6 is 0 Å². The molecular weight excluding hydrogens is 452 g/mol. The number of aromatic nitrogens is 3. The summed E-state index contributed by atoms with van der Waals surface area (Å²) in [5.74, 6) is 0.491. The fourth-order valence-corrected chi connectivity index (χ4v) is 6.06. The summed E-state index contributed by atoms with van der Waals surface area (Å²) >= 11 is 0. The highest BCUT2D eigenvalue weighted by Crippen LogP contribution is 2.39. The Balaban J connectivity index is 1.40. The van der Waals surface area contributed by atoms with Gasteiger partial charge in [-0.2, -0.15) is 10.4 Å². The Morgan fingerprint density at radius 2 is 2.00 bits per heavy atom. The van der Waals surface area contributed by atoms with Crippen LogP contribution in [0.25, 0.3) is 10.9 Å². The first-order chi connectivity index (χ1) is 17.6. The average Bonchev–Trinajstić information content (AvgIpc) is 3.55. The van der Waals surface area contributed by atoms with Crippen LogP contribution in [0.3, 0.4) is 0 Å². The molecular formula is C27H34N8O. The van der Waals surface area contributed by atoms with E-state index in [0.29, 0.717) is 30.6 Å². The smallest absolute Gasteiger partial charge is 0.234 e. The number of nitriles is 1. The molecule has 6 rings (SSSR count). The lowest BCUT2D eigenvalue weighted by atomic mass is 9.97. The number of anilines is 2. The molecule has 0 aliphatic carbocycles. The topological polar surface area (TPSA) is 96.3 Å². The molecule has 0 saturated carbocycles. The number of hydrogen-bond donors (Lipinski definition) is 2. The lowest BCUT2D eigenvalue weighted by molar-refractivity contribution is 0.192. The third-order valence-electron chi connectivity index (χ3n) is 8.04. The van der Waals surface area contributed by atoms with E-state index >= 15 is 0 Å². The predicted molar refractivity (Wildman–Crippen MR) is 141 cm³/mol. The van der Waals surface area contributed by atoms with E-state index in [1.807, 2.05) is 6.20 Å². The maximum Gasteiger partial charge on any atom is 0.234 e. The fraction of sp³-hybridized carbons (Fsp3) is 0.519. The van der Waals surface area contributed by atoms with E-state index in [0.717, 1.165) is 74.4 Å². The molecule has 188 valence electrons. The molecule has 0 spiro atoms. The van der Waals surface area contributed by atoms with Gasteiger partial charge in [-0.3, -0.25) is 5.10 Å². The largest absolute Gasteiger partial charge is 0.475 e. The number of hydrogen-bond acceptors (Lipinski definition) is 8. The molecule has 1 atom stereocenters. The van der Waals surface area contributed by atoms with Gasteiger partial charge in [0.2, 0.25) is 5.88 Å². The number of likely N-dealkylation sites (tertiary alicyclic amines) is 1. The SMILES string of the molecule is Cc1ccc2[nH]ncc2c1N1CCc2c(nc(OCC3CCCN3C)c(C#N)c2N2CCNCC2)C1. The lowest BCUT2D eigenvalue weighted by Crippen LogP contribution is -2.45. The number of aryl methyl sites for hydroxylation is 1. The average molecular weight is 487 g/mol. The number of benzene rings is 1. The molecule has 1 aromatic carbocycles. The Morgan fingerprint density at radius 3 is 2.78 bits per heavy atom. The van der Waals surface area contributed by atoms with Crippen molar-refractivity contribution < 1.29 is 4.74 Å². The molecule has 0 radical (unpaired) electrons. The van der Waals surface area contributed by atoms with Crippen molar-refractivity contribution in [2.45, 2.75) is 38.8 Å². The molecule has 2 fully saturated rings. The van der Waals surface area contributed by atoms with Gasteiger partial charge in [-0.1, -0.05) is 6.07 Å². The van der Waals surface area contributed by atoms with E-state index in [2.05, 4.69) is 62.4 Å². The molecule has 1 unspecified atom stereocenters. The lowest BCUT2D eigenvalue weighted by Gasteiger charge is -2.37. The van der Waals surface area contributed by atoms with Crippen LogP contribution in [0.5, 0.6) is 5.88 Å². The van der Waals surface area contributed by atoms with Gasteiger partial charge < -0.3 is 24.8 Å². The number of nitrogens with one attached hydrogen (secondary N) is 2. The second kappa shape index (κ2) is 9.60. The molecule has 0 bridgehead atoms. The summed E-state index contributed by atoms with van der Waals surface area (Å²) in [4.78, 5) is 12.1. The fourth-order valence-electron chi connectivity index (χ4n) is 6.06. The monoisotopic (exact) mass is 486 g/mol. The summed E-state index contributed by atoms with van der Waals surface area (Å²) < 4.78 is 6.35. The van der Waals surface area contributed by atoms with Crippen LogP contribution < -0.4 is 19.9 Å². The van der Waals surface area contributed by atoms with E-state index < -0.39 is 0 Å².